The number of hydrogen-bond donors (Lipinski definition) is 2. The van der Waals surface area contributed by atoms with Gasteiger partial charge < -0.3 is 38.2 Å². The molecule has 0 aliphatic carbocycles. The van der Waals surface area contributed by atoms with Crippen molar-refractivity contribution >= 4 is 120 Å². The van der Waals surface area contributed by atoms with Gasteiger partial charge >= 0.3 is 0 Å². The van der Waals surface area contributed by atoms with Gasteiger partial charge in [0, 0.05) is 229 Å². The van der Waals surface area contributed by atoms with Crippen molar-refractivity contribution in [3.63, 3.8) is 0 Å². The number of aliphatic hydroxyl groups excluding tert-OH is 1. The number of benzene rings is 11. The summed E-state index contributed by atoms with van der Waals surface area (Å²) in [6.07, 6.45) is 16.2. The summed E-state index contributed by atoms with van der Waals surface area (Å²) in [5, 5.41) is 58.4. The van der Waals surface area contributed by atoms with E-state index in [4.69, 9.17) is 5.10 Å². The predicted octanol–water partition coefficient (Wildman–Crippen LogP) is 23.9. The van der Waals surface area contributed by atoms with Gasteiger partial charge in [0.15, 0.2) is 0 Å². The second-order valence-corrected chi connectivity index (χ2v) is 34.3. The molecule has 21 nitrogen and oxygen atoms in total. The molecule has 0 radical (unpaired) electrons. The van der Waals surface area contributed by atoms with E-state index in [1.165, 1.54) is 125 Å². The Morgan fingerprint density at radius 1 is 0.306 bits per heavy atom. The lowest BCUT2D eigenvalue weighted by atomic mass is 10.1. The Labute approximate surface area is 779 Å². The second-order valence-electron chi connectivity index (χ2n) is 33.4. The van der Waals surface area contributed by atoms with Gasteiger partial charge in [-0.3, -0.25) is 4.98 Å². The molecule has 0 spiro atoms. The highest BCUT2D eigenvalue weighted by Crippen LogP contribution is 2.39. The van der Waals surface area contributed by atoms with Crippen LogP contribution in [0.4, 0.5) is 0 Å². The van der Waals surface area contributed by atoms with Gasteiger partial charge in [0.1, 0.15) is 5.69 Å². The minimum atomic E-state index is 0.128. The molecule has 2 N–H and O–H groups in total. The van der Waals surface area contributed by atoms with Crippen molar-refractivity contribution in [3.05, 3.63) is 370 Å². The molecule has 11 aromatic carbocycles. The van der Waals surface area contributed by atoms with Gasteiger partial charge in [0.2, 0.25) is 0 Å². The Balaban J connectivity index is 0.000000101. The van der Waals surface area contributed by atoms with Crippen LogP contribution >= 0.6 is 11.3 Å². The van der Waals surface area contributed by atoms with E-state index in [9.17, 15) is 5.11 Å². The normalized spacial score (nSPS) is 12.3. The molecule has 134 heavy (non-hydrogen) atoms. The van der Waals surface area contributed by atoms with E-state index in [-0.39, 0.29) is 6.61 Å². The molecule has 0 unspecified atom stereocenters. The predicted molar refractivity (Wildman–Crippen MR) is 548 cm³/mol. The zero-order chi connectivity index (χ0) is 90.5. The van der Waals surface area contributed by atoms with Crippen LogP contribution < -0.4 is 5.32 Å². The zero-order valence-corrected chi connectivity index (χ0v) is 76.4. The topological polar surface area (TPSA) is 188 Å². The molecule has 25 rings (SSSR count). The van der Waals surface area contributed by atoms with Gasteiger partial charge in [0.25, 0.3) is 0 Å². The van der Waals surface area contributed by atoms with Crippen molar-refractivity contribution < 1.29 is 5.11 Å². The number of pyridine rings is 1. The largest absolute Gasteiger partial charge is 0.396 e. The van der Waals surface area contributed by atoms with Crippen LogP contribution in [0.15, 0.2) is 358 Å². The molecule has 0 saturated carbocycles. The van der Waals surface area contributed by atoms with Crippen LogP contribution in [0.3, 0.4) is 0 Å². The maximum atomic E-state index is 9.21. The Bertz CT molecular complexity index is 8060. The quantitative estimate of drug-likeness (QED) is 0.0784. The first kappa shape index (κ1) is 85.1. The standard InChI is InChI=1S/C29H31N5.C22H18N4.C21H17N5.C21H17N3S.C19H19N3O/c1-2-33-28-6-4-3-5-25(28)26-21-24(11-12-29(26)33)34-27(13-15-31-34)23-9-7-22(8-10-23)14-18-32-19-16-30-17-20-32;1-2-25-21-6-4-3-5-18(21)19-15-17(7-8-22(19)25)26-20(11-14-24-26)16-9-12-23-13-10-16;1-2-25-19-8-4-3-6-16(19)17-14-15(9-10-20(17)25)26-21(11-13-23-26)18-7-5-12-22-24-18;1-2-23-18-7-4-3-6-16(18)17-14-15(9-10-19(17)23)24-20(11-12-22-24)21-8-5-13-25-21;1-2-21-18-6-4-3-5-16(18)17-13-15(7-8-19(17)21)22-14(10-12-23)9-11-20-22/h3-13,15,21,30H,2,14,16-20H2,1H3;3-15H,2H2,1H3;3-14H,2H2,1H3;3-14H,2H2,1H3;3-9,11,13,23H,2,10,12H2,1H3. The van der Waals surface area contributed by atoms with Crippen molar-refractivity contribution in [2.24, 2.45) is 0 Å². The van der Waals surface area contributed by atoms with Gasteiger partial charge in [-0.25, -0.2) is 23.4 Å². The third-order valence-corrected chi connectivity index (χ3v) is 26.9. The number of fused-ring (bicyclic) bond motifs is 15. The molecule has 13 aromatic heterocycles. The number of piperazine rings is 1. The van der Waals surface area contributed by atoms with Crippen molar-refractivity contribution in [1.82, 2.24) is 97.1 Å². The number of aromatic nitrogens is 18. The average Bonchev–Trinajstić information content (AvgIpc) is 1.62. The van der Waals surface area contributed by atoms with Gasteiger partial charge in [-0.1, -0.05) is 121 Å². The van der Waals surface area contributed by atoms with Crippen molar-refractivity contribution in [1.29, 1.82) is 0 Å². The van der Waals surface area contributed by atoms with E-state index in [2.05, 4.69) is 374 Å². The highest BCUT2D eigenvalue weighted by Gasteiger charge is 2.22. The first-order valence-corrected chi connectivity index (χ1v) is 47.2. The van der Waals surface area contributed by atoms with Crippen LogP contribution in [0, 0.1) is 0 Å². The molecule has 22 heteroatoms. The number of thiophene rings is 1. The smallest absolute Gasteiger partial charge is 0.111 e. The summed E-state index contributed by atoms with van der Waals surface area (Å²) in [7, 11) is 0. The van der Waals surface area contributed by atoms with Crippen LogP contribution in [0.25, 0.3) is 182 Å². The molecular formula is C112H102N20OS. The van der Waals surface area contributed by atoms with E-state index in [1.807, 2.05) is 92.2 Å². The minimum absolute atomic E-state index is 0.128. The molecule has 1 fully saturated rings. The first-order valence-electron chi connectivity index (χ1n) is 46.4. The van der Waals surface area contributed by atoms with E-state index < -0.39 is 0 Å². The lowest BCUT2D eigenvalue weighted by Gasteiger charge is -2.27. The Morgan fingerprint density at radius 3 is 1.05 bits per heavy atom. The summed E-state index contributed by atoms with van der Waals surface area (Å²) in [4.78, 5) is 7.89. The molecule has 662 valence electrons. The third kappa shape index (κ3) is 16.2. The fraction of sp³-hybridized carbons (Fsp3) is 0.161. The number of nitrogens with one attached hydrogen (secondary N) is 1. The van der Waals surface area contributed by atoms with Crippen molar-refractivity contribution in [3.8, 4) is 72.9 Å². The molecule has 1 saturated heterocycles. The molecule has 0 bridgehead atoms. The maximum Gasteiger partial charge on any atom is 0.111 e. The van der Waals surface area contributed by atoms with E-state index in [0.717, 1.165) is 140 Å². The van der Waals surface area contributed by atoms with E-state index in [1.54, 1.807) is 29.9 Å². The zero-order valence-electron chi connectivity index (χ0n) is 75.6. The van der Waals surface area contributed by atoms with E-state index >= 15 is 0 Å². The van der Waals surface area contributed by atoms with Crippen molar-refractivity contribution in [2.75, 3.05) is 39.3 Å². The SMILES string of the molecule is CCn1c2ccccc2c2cc(-n3nccc3-c3ccc(CCN4CCNCC4)cc3)ccc21.CCn1c2ccccc2c2cc(-n3nccc3-c3cccnn3)ccc21.CCn1c2ccccc2c2cc(-n3nccc3-c3cccs3)ccc21.CCn1c2ccccc2c2cc(-n3nccc3-c3ccncc3)ccc21.CCn1c2ccccc2c2cc(-n3nccc3CCO)ccc21. The Kier molecular flexibility index (Phi) is 24.1. The second kappa shape index (κ2) is 38.0. The molecule has 14 heterocycles. The molecule has 0 atom stereocenters. The Hall–Kier alpha value is -15.7. The van der Waals surface area contributed by atoms with Crippen LogP contribution in [0.1, 0.15) is 45.9 Å². The number of hydrogen-bond acceptors (Lipinski definition) is 12. The summed E-state index contributed by atoms with van der Waals surface area (Å²) in [5.41, 5.74) is 27.7. The highest BCUT2D eigenvalue weighted by molar-refractivity contribution is 7.13. The molecule has 24 aromatic rings. The molecule has 0 amide bonds. The fourth-order valence-electron chi connectivity index (χ4n) is 19.7. The lowest BCUT2D eigenvalue weighted by Crippen LogP contribution is -2.44. The van der Waals surface area contributed by atoms with Crippen LogP contribution in [0.2, 0.25) is 0 Å². The summed E-state index contributed by atoms with van der Waals surface area (Å²) in [6.45, 7) is 21.5. The van der Waals surface area contributed by atoms with Gasteiger partial charge in [-0.05, 0) is 234 Å². The fourth-order valence-corrected chi connectivity index (χ4v) is 20.5. The lowest BCUT2D eigenvalue weighted by molar-refractivity contribution is 0.244. The molecule has 1 aliphatic heterocycles. The van der Waals surface area contributed by atoms with Gasteiger partial charge in [-0.15, -0.1) is 16.4 Å². The molecular weight excluding hydrogens is 1670 g/mol. The summed E-state index contributed by atoms with van der Waals surface area (Å²) in [5.74, 6) is 0. The summed E-state index contributed by atoms with van der Waals surface area (Å²) < 4.78 is 21.7. The van der Waals surface area contributed by atoms with Crippen LogP contribution in [0.5, 0.6) is 0 Å². The number of aliphatic hydroxyl groups is 1. The highest BCUT2D eigenvalue weighted by atomic mass is 32.1. The van der Waals surface area contributed by atoms with Gasteiger partial charge in [0.05, 0.1) is 80.9 Å². The number of rotatable bonds is 19. The molecule has 1 aliphatic rings. The Morgan fingerprint density at radius 2 is 0.664 bits per heavy atom. The number of nitrogens with zero attached hydrogens (tertiary/aromatic N) is 19. The first-order chi connectivity index (χ1) is 66.2. The minimum Gasteiger partial charge on any atom is -0.396 e. The van der Waals surface area contributed by atoms with E-state index in [0.29, 0.717) is 6.42 Å². The van der Waals surface area contributed by atoms with Crippen molar-refractivity contribution in [2.45, 2.75) is 80.2 Å². The van der Waals surface area contributed by atoms with Crippen LogP contribution in [-0.2, 0) is 45.6 Å². The number of aryl methyl sites for hydroxylation is 5. The van der Waals surface area contributed by atoms with Crippen LogP contribution in [-0.4, -0.2) is 136 Å². The summed E-state index contributed by atoms with van der Waals surface area (Å²) >= 11 is 1.74. The monoisotopic (exact) mass is 1770 g/mol. The maximum absolute atomic E-state index is 9.21. The van der Waals surface area contributed by atoms with Gasteiger partial charge in [-0.2, -0.15) is 30.6 Å². The number of para-hydroxylation sites is 5. The third-order valence-electron chi connectivity index (χ3n) is 26.0. The average molecular weight is 1780 g/mol. The summed E-state index contributed by atoms with van der Waals surface area (Å²) in [6, 6.07) is 107.